The van der Waals surface area contributed by atoms with E-state index in [1.807, 2.05) is 12.3 Å². The molecule has 0 rings (SSSR count). The van der Waals surface area contributed by atoms with Crippen LogP contribution in [0.2, 0.25) is 0 Å². The third kappa shape index (κ3) is 3.69. The molecule has 0 aromatic rings. The number of nitrogens with one attached hydrogen (secondary N) is 1. The predicted octanol–water partition coefficient (Wildman–Crippen LogP) is 0.545. The van der Waals surface area contributed by atoms with Crippen LogP contribution in [0, 0.1) is 0 Å². The Kier molecular flexibility index (Phi) is 3.93. The summed E-state index contributed by atoms with van der Waals surface area (Å²) in [5, 5.41) is 0. The highest BCUT2D eigenvalue weighted by Gasteiger charge is 1.96. The van der Waals surface area contributed by atoms with E-state index in [4.69, 9.17) is 5.84 Å². The van der Waals surface area contributed by atoms with Crippen LogP contribution in [0.15, 0.2) is 0 Å². The lowest BCUT2D eigenvalue weighted by Gasteiger charge is -2.00. The summed E-state index contributed by atoms with van der Waals surface area (Å²) in [5.74, 6) is 4.73. The molecule has 0 aromatic heterocycles. The first kappa shape index (κ1) is 6.85. The molecule has 3 heteroatoms. The van der Waals surface area contributed by atoms with Crippen molar-refractivity contribution in [1.82, 2.24) is 5.43 Å². The van der Waals surface area contributed by atoms with Crippen LogP contribution < -0.4 is 11.3 Å². The summed E-state index contributed by atoms with van der Waals surface area (Å²) in [7, 11) is 0. The minimum Gasteiger partial charge on any atom is -0.269 e. The Hall–Kier alpha value is -0.150. The van der Waals surface area contributed by atoms with Crippen molar-refractivity contribution >= 4 is 0 Å². The molecule has 0 saturated heterocycles. The van der Waals surface area contributed by atoms with Gasteiger partial charge in [-0.15, -0.1) is 0 Å². The van der Waals surface area contributed by atoms with Crippen LogP contribution in [0.5, 0.6) is 0 Å². The molecule has 0 heterocycles. The van der Waals surface area contributed by atoms with E-state index >= 15 is 0 Å². The fourth-order valence-electron chi connectivity index (χ4n) is 0.337. The van der Waals surface area contributed by atoms with Gasteiger partial charge in [-0.25, -0.2) is 9.82 Å². The Morgan fingerprint density at radius 1 is 1.86 bits per heavy atom. The lowest BCUT2D eigenvalue weighted by molar-refractivity contribution is 0.258. The Bertz CT molecular complexity index is 40.7. The van der Waals surface area contributed by atoms with Crippen LogP contribution in [0.4, 0.5) is 4.39 Å². The molecule has 1 atom stereocenters. The van der Waals surface area contributed by atoms with Gasteiger partial charge in [0.2, 0.25) is 0 Å². The van der Waals surface area contributed by atoms with Crippen LogP contribution in [0.1, 0.15) is 19.8 Å². The second-order valence-corrected chi connectivity index (χ2v) is 1.42. The molecule has 0 amide bonds. The maximum Gasteiger partial charge on any atom is 0.163 e. The molecular formula is C4H11FN2. The van der Waals surface area contributed by atoms with Gasteiger partial charge >= 0.3 is 0 Å². The number of hydrazine groups is 1. The minimum absolute atomic E-state index is 0.497. The average Bonchev–Trinajstić information content (AvgIpc) is 1.68. The van der Waals surface area contributed by atoms with Gasteiger partial charge in [0.05, 0.1) is 0 Å². The number of hydrogen-bond donors (Lipinski definition) is 2. The molecule has 7 heavy (non-hydrogen) atoms. The second-order valence-electron chi connectivity index (χ2n) is 1.42. The Morgan fingerprint density at radius 2 is 2.43 bits per heavy atom. The topological polar surface area (TPSA) is 38.0 Å². The molecule has 2 nitrogen and oxygen atoms in total. The number of hydrogen-bond acceptors (Lipinski definition) is 2. The van der Waals surface area contributed by atoms with Gasteiger partial charge in [-0.05, 0) is 6.42 Å². The van der Waals surface area contributed by atoms with E-state index in [1.165, 1.54) is 0 Å². The molecule has 3 N–H and O–H groups in total. The predicted molar refractivity (Wildman–Crippen MR) is 27.1 cm³/mol. The van der Waals surface area contributed by atoms with Gasteiger partial charge in [-0.1, -0.05) is 13.3 Å². The molecule has 0 aliphatic rings. The summed E-state index contributed by atoms with van der Waals surface area (Å²) in [4.78, 5) is 0. The van der Waals surface area contributed by atoms with Gasteiger partial charge in [-0.3, -0.25) is 5.84 Å². The van der Waals surface area contributed by atoms with Gasteiger partial charge < -0.3 is 0 Å². The highest BCUT2D eigenvalue weighted by Crippen LogP contribution is 1.93. The van der Waals surface area contributed by atoms with Crippen molar-refractivity contribution in [3.63, 3.8) is 0 Å². The fraction of sp³-hybridized carbons (Fsp3) is 1.00. The number of nitrogens with two attached hydrogens (primary N) is 1. The quantitative estimate of drug-likeness (QED) is 0.313. The van der Waals surface area contributed by atoms with E-state index in [-0.39, 0.29) is 0 Å². The maximum absolute atomic E-state index is 11.9. The van der Waals surface area contributed by atoms with E-state index in [0.717, 1.165) is 6.42 Å². The van der Waals surface area contributed by atoms with E-state index in [9.17, 15) is 4.39 Å². The molecule has 1 unspecified atom stereocenters. The summed E-state index contributed by atoms with van der Waals surface area (Å²) in [6, 6.07) is 0. The zero-order chi connectivity index (χ0) is 5.70. The molecule has 0 aromatic carbocycles. The molecule has 0 saturated carbocycles. The maximum atomic E-state index is 11.9. The molecular weight excluding hydrogens is 95.1 g/mol. The summed E-state index contributed by atoms with van der Waals surface area (Å²) >= 11 is 0. The minimum atomic E-state index is -1.02. The molecule has 0 bridgehead atoms. The van der Waals surface area contributed by atoms with Crippen LogP contribution in [0.3, 0.4) is 0 Å². The smallest absolute Gasteiger partial charge is 0.163 e. The third-order valence-electron chi connectivity index (χ3n) is 0.723. The summed E-state index contributed by atoms with van der Waals surface area (Å²) in [5.41, 5.74) is 2.00. The van der Waals surface area contributed by atoms with Crippen molar-refractivity contribution in [3.05, 3.63) is 0 Å². The number of halogens is 1. The van der Waals surface area contributed by atoms with Crippen LogP contribution in [-0.4, -0.2) is 6.30 Å². The molecule has 0 spiro atoms. The standard InChI is InChI=1S/C4H11FN2/c1-2-3-4(5)7-6/h4,7H,2-3,6H2,1H3. The van der Waals surface area contributed by atoms with Crippen LogP contribution in [0.25, 0.3) is 0 Å². The normalized spacial score (nSPS) is 14.1. The van der Waals surface area contributed by atoms with Gasteiger partial charge in [0.15, 0.2) is 6.30 Å². The Labute approximate surface area is 42.9 Å². The lowest BCUT2D eigenvalue weighted by atomic mass is 10.3. The van der Waals surface area contributed by atoms with Crippen LogP contribution in [-0.2, 0) is 0 Å². The molecule has 0 aliphatic heterocycles. The first-order valence-corrected chi connectivity index (χ1v) is 2.41. The lowest BCUT2D eigenvalue weighted by Crippen LogP contribution is -2.30. The largest absolute Gasteiger partial charge is 0.269 e. The molecule has 0 radical (unpaired) electrons. The molecule has 0 fully saturated rings. The van der Waals surface area contributed by atoms with Crippen molar-refractivity contribution < 1.29 is 4.39 Å². The second kappa shape index (κ2) is 4.02. The van der Waals surface area contributed by atoms with E-state index in [2.05, 4.69) is 0 Å². The van der Waals surface area contributed by atoms with Crippen molar-refractivity contribution in [2.75, 3.05) is 0 Å². The summed E-state index contributed by atoms with van der Waals surface area (Å²) in [6.45, 7) is 1.91. The highest BCUT2D eigenvalue weighted by atomic mass is 19.1. The zero-order valence-corrected chi connectivity index (χ0v) is 4.45. The highest BCUT2D eigenvalue weighted by molar-refractivity contribution is 4.43. The average molecular weight is 106 g/mol. The molecule has 44 valence electrons. The third-order valence-corrected chi connectivity index (χ3v) is 0.723. The monoisotopic (exact) mass is 106 g/mol. The van der Waals surface area contributed by atoms with Crippen LogP contribution >= 0.6 is 0 Å². The summed E-state index contributed by atoms with van der Waals surface area (Å²) in [6.07, 6.45) is 0.298. The molecule has 0 aliphatic carbocycles. The van der Waals surface area contributed by atoms with E-state index < -0.39 is 6.30 Å². The van der Waals surface area contributed by atoms with Gasteiger partial charge in [0.1, 0.15) is 0 Å². The van der Waals surface area contributed by atoms with Gasteiger partial charge in [0.25, 0.3) is 0 Å². The van der Waals surface area contributed by atoms with E-state index in [1.54, 1.807) is 0 Å². The first-order chi connectivity index (χ1) is 3.31. The summed E-state index contributed by atoms with van der Waals surface area (Å²) < 4.78 is 11.9. The zero-order valence-electron chi connectivity index (χ0n) is 4.45. The van der Waals surface area contributed by atoms with Crippen molar-refractivity contribution in [1.29, 1.82) is 0 Å². The fourth-order valence-corrected chi connectivity index (χ4v) is 0.337. The Morgan fingerprint density at radius 3 is 2.57 bits per heavy atom. The van der Waals surface area contributed by atoms with Gasteiger partial charge in [-0.2, -0.15) is 0 Å². The number of alkyl halides is 1. The Balaban J connectivity index is 2.83. The van der Waals surface area contributed by atoms with E-state index in [0.29, 0.717) is 6.42 Å². The SMILES string of the molecule is CCCC(F)NN. The van der Waals surface area contributed by atoms with Crippen molar-refractivity contribution in [2.24, 2.45) is 5.84 Å². The van der Waals surface area contributed by atoms with Crippen molar-refractivity contribution in [3.8, 4) is 0 Å². The van der Waals surface area contributed by atoms with Gasteiger partial charge in [0, 0.05) is 0 Å². The van der Waals surface area contributed by atoms with Crippen molar-refractivity contribution in [2.45, 2.75) is 26.1 Å². The number of rotatable bonds is 3. The first-order valence-electron chi connectivity index (χ1n) is 2.41.